The molecule has 0 radical (unpaired) electrons. The van der Waals surface area contributed by atoms with Crippen LogP contribution in [0.2, 0.25) is 0 Å². The first-order valence-corrected chi connectivity index (χ1v) is 10.9. The minimum absolute atomic E-state index is 0.123. The topological polar surface area (TPSA) is 81.0 Å². The summed E-state index contributed by atoms with van der Waals surface area (Å²) in [6.45, 7) is 6.05. The van der Waals surface area contributed by atoms with Gasteiger partial charge in [0.1, 0.15) is 21.8 Å². The highest BCUT2D eigenvalue weighted by molar-refractivity contribution is 7.89. The summed E-state index contributed by atoms with van der Waals surface area (Å²) in [6, 6.07) is 5.13. The maximum Gasteiger partial charge on any atom is 0.245 e. The highest BCUT2D eigenvalue weighted by atomic mass is 32.2. The zero-order chi connectivity index (χ0) is 18.3. The predicted octanol–water partition coefficient (Wildman–Crippen LogP) is 2.78. The third kappa shape index (κ3) is 2.83. The maximum atomic E-state index is 13.2. The molecule has 1 aliphatic heterocycles. The molecule has 0 amide bonds. The predicted molar refractivity (Wildman–Crippen MR) is 101 cm³/mol. The van der Waals surface area contributed by atoms with E-state index < -0.39 is 10.0 Å². The molecule has 7 nitrogen and oxygen atoms in total. The van der Waals surface area contributed by atoms with Crippen molar-refractivity contribution in [2.24, 2.45) is 0 Å². The summed E-state index contributed by atoms with van der Waals surface area (Å²) >= 11 is 1.04. The van der Waals surface area contributed by atoms with Crippen LogP contribution in [0.4, 0.5) is 0 Å². The van der Waals surface area contributed by atoms with Crippen LogP contribution in [0.3, 0.4) is 0 Å². The van der Waals surface area contributed by atoms with Crippen molar-refractivity contribution in [1.29, 1.82) is 0 Å². The van der Waals surface area contributed by atoms with Crippen LogP contribution in [0, 0.1) is 6.92 Å². The van der Waals surface area contributed by atoms with Crippen molar-refractivity contribution in [2.75, 3.05) is 13.1 Å². The van der Waals surface area contributed by atoms with Crippen LogP contribution in [0.1, 0.15) is 37.2 Å². The number of benzene rings is 1. The average Bonchev–Trinajstić information content (AvgIpc) is 3.35. The van der Waals surface area contributed by atoms with Crippen LogP contribution < -0.4 is 0 Å². The van der Waals surface area contributed by atoms with Crippen LogP contribution in [0.25, 0.3) is 11.0 Å². The lowest BCUT2D eigenvalue weighted by atomic mass is 10.1. The highest BCUT2D eigenvalue weighted by Crippen LogP contribution is 2.33. The molecule has 0 saturated carbocycles. The van der Waals surface area contributed by atoms with E-state index in [-0.39, 0.29) is 10.8 Å². The van der Waals surface area contributed by atoms with Crippen LogP contribution in [0.5, 0.6) is 0 Å². The molecule has 0 spiro atoms. The van der Waals surface area contributed by atoms with Gasteiger partial charge in [0, 0.05) is 37.4 Å². The van der Waals surface area contributed by atoms with Gasteiger partial charge in [-0.1, -0.05) is 13.0 Å². The molecule has 1 atom stereocenters. The second-order valence-electron chi connectivity index (χ2n) is 6.65. The number of aromatic nitrogens is 4. The minimum Gasteiger partial charge on any atom is -0.332 e. The second-order valence-corrected chi connectivity index (χ2v) is 9.08. The van der Waals surface area contributed by atoms with Crippen molar-refractivity contribution in [3.63, 3.8) is 0 Å². The fraction of sp³-hybridized carbons (Fsp3) is 0.471. The molecule has 2 aromatic heterocycles. The van der Waals surface area contributed by atoms with Crippen LogP contribution in [-0.4, -0.2) is 44.1 Å². The Bertz CT molecular complexity index is 1040. The van der Waals surface area contributed by atoms with E-state index in [4.69, 9.17) is 0 Å². The van der Waals surface area contributed by atoms with E-state index >= 15 is 0 Å². The van der Waals surface area contributed by atoms with E-state index in [0.717, 1.165) is 42.6 Å². The normalized spacial score (nSPS) is 18.8. The smallest absolute Gasteiger partial charge is 0.245 e. The molecule has 3 heterocycles. The van der Waals surface area contributed by atoms with Crippen molar-refractivity contribution in [3.8, 4) is 0 Å². The number of rotatable bonds is 5. The molecule has 1 aliphatic rings. The second kappa shape index (κ2) is 6.71. The van der Waals surface area contributed by atoms with Crippen molar-refractivity contribution in [3.05, 3.63) is 35.9 Å². The monoisotopic (exact) mass is 391 g/mol. The SMILES string of the molecule is CCCn1c(C)cnc1C1CCN(S(=O)(=O)c2cccc3nsnc23)C1. The summed E-state index contributed by atoms with van der Waals surface area (Å²) in [5, 5.41) is 0. The van der Waals surface area contributed by atoms with Crippen molar-refractivity contribution >= 4 is 32.8 Å². The number of aryl methyl sites for hydroxylation is 1. The summed E-state index contributed by atoms with van der Waals surface area (Å²) < 4.78 is 38.5. The fourth-order valence-corrected chi connectivity index (χ4v) is 5.86. The molecule has 1 saturated heterocycles. The van der Waals surface area contributed by atoms with Crippen LogP contribution in [0.15, 0.2) is 29.3 Å². The van der Waals surface area contributed by atoms with Gasteiger partial charge in [-0.15, -0.1) is 0 Å². The molecule has 4 rings (SSSR count). The van der Waals surface area contributed by atoms with E-state index in [0.29, 0.717) is 24.1 Å². The van der Waals surface area contributed by atoms with Gasteiger partial charge >= 0.3 is 0 Å². The molecular weight excluding hydrogens is 370 g/mol. The third-order valence-corrected chi connectivity index (χ3v) is 7.36. The van der Waals surface area contributed by atoms with Gasteiger partial charge in [-0.2, -0.15) is 13.1 Å². The number of fused-ring (bicyclic) bond motifs is 1. The van der Waals surface area contributed by atoms with Crippen molar-refractivity contribution < 1.29 is 8.42 Å². The summed E-state index contributed by atoms with van der Waals surface area (Å²) in [4.78, 5) is 4.82. The minimum atomic E-state index is -3.59. The summed E-state index contributed by atoms with van der Waals surface area (Å²) in [6.07, 6.45) is 3.69. The molecular formula is C17H21N5O2S2. The molecule has 0 bridgehead atoms. The van der Waals surface area contributed by atoms with Gasteiger partial charge in [0.15, 0.2) is 0 Å². The van der Waals surface area contributed by atoms with E-state index in [1.807, 2.05) is 13.1 Å². The number of hydrogen-bond donors (Lipinski definition) is 0. The Morgan fingerprint density at radius 3 is 2.96 bits per heavy atom. The van der Waals surface area contributed by atoms with E-state index in [1.165, 1.54) is 0 Å². The lowest BCUT2D eigenvalue weighted by molar-refractivity contribution is 0.468. The first-order valence-electron chi connectivity index (χ1n) is 8.76. The molecule has 3 aromatic rings. The molecule has 1 unspecified atom stereocenters. The summed E-state index contributed by atoms with van der Waals surface area (Å²) in [5.74, 6) is 1.12. The Kier molecular flexibility index (Phi) is 4.54. The Morgan fingerprint density at radius 1 is 1.31 bits per heavy atom. The van der Waals surface area contributed by atoms with Gasteiger partial charge in [-0.05, 0) is 31.9 Å². The number of hydrogen-bond acceptors (Lipinski definition) is 6. The first-order chi connectivity index (χ1) is 12.5. The molecule has 1 fully saturated rings. The van der Waals surface area contributed by atoms with Gasteiger partial charge in [0.25, 0.3) is 0 Å². The van der Waals surface area contributed by atoms with Crippen LogP contribution in [-0.2, 0) is 16.6 Å². The third-order valence-electron chi connectivity index (χ3n) is 4.92. The Hall–Kier alpha value is -1.84. The zero-order valence-corrected chi connectivity index (χ0v) is 16.4. The lowest BCUT2D eigenvalue weighted by Gasteiger charge is -2.17. The average molecular weight is 392 g/mol. The Balaban J connectivity index is 1.63. The summed E-state index contributed by atoms with van der Waals surface area (Å²) in [7, 11) is -3.59. The molecule has 0 N–H and O–H groups in total. The maximum absolute atomic E-state index is 13.2. The fourth-order valence-electron chi connectivity index (χ4n) is 3.61. The molecule has 1 aromatic carbocycles. The summed E-state index contributed by atoms with van der Waals surface area (Å²) in [5.41, 5.74) is 2.21. The lowest BCUT2D eigenvalue weighted by Crippen LogP contribution is -2.29. The molecule has 0 aliphatic carbocycles. The van der Waals surface area contributed by atoms with Gasteiger partial charge in [0.2, 0.25) is 10.0 Å². The molecule has 26 heavy (non-hydrogen) atoms. The van der Waals surface area contributed by atoms with Gasteiger partial charge in [-0.25, -0.2) is 13.4 Å². The highest BCUT2D eigenvalue weighted by Gasteiger charge is 2.36. The number of sulfonamides is 1. The molecule has 9 heteroatoms. The Labute approximate surface area is 157 Å². The Morgan fingerprint density at radius 2 is 2.15 bits per heavy atom. The van der Waals surface area contributed by atoms with E-state index in [2.05, 4.69) is 25.2 Å². The van der Waals surface area contributed by atoms with Crippen molar-refractivity contribution in [2.45, 2.75) is 44.0 Å². The largest absolute Gasteiger partial charge is 0.332 e. The van der Waals surface area contributed by atoms with Crippen LogP contribution >= 0.6 is 11.7 Å². The number of nitrogens with zero attached hydrogens (tertiary/aromatic N) is 5. The standard InChI is InChI=1S/C17H21N5O2S2/c1-3-8-22-12(2)10-18-17(22)13-7-9-21(11-13)26(23,24)15-6-4-5-14-16(15)20-25-19-14/h4-6,10,13H,3,7-9,11H2,1-2H3. The van der Waals surface area contributed by atoms with Crippen molar-refractivity contribution in [1.82, 2.24) is 22.6 Å². The van der Waals surface area contributed by atoms with E-state index in [9.17, 15) is 8.42 Å². The zero-order valence-electron chi connectivity index (χ0n) is 14.8. The molecule has 138 valence electrons. The van der Waals surface area contributed by atoms with Gasteiger partial charge in [0.05, 0.1) is 11.7 Å². The van der Waals surface area contributed by atoms with Gasteiger partial charge in [-0.3, -0.25) is 0 Å². The van der Waals surface area contributed by atoms with E-state index in [1.54, 1.807) is 22.5 Å². The number of imidazole rings is 1. The first kappa shape index (κ1) is 17.6. The quantitative estimate of drug-likeness (QED) is 0.668. The van der Waals surface area contributed by atoms with Gasteiger partial charge < -0.3 is 4.57 Å².